The molecule has 0 aromatic heterocycles. The fourth-order valence-electron chi connectivity index (χ4n) is 3.29. The lowest BCUT2D eigenvalue weighted by atomic mass is 10.0. The van der Waals surface area contributed by atoms with Crippen LogP contribution < -0.4 is 5.73 Å². The van der Waals surface area contributed by atoms with Gasteiger partial charge < -0.3 is 10.6 Å². The molecule has 4 heteroatoms. The Balaban J connectivity index is 1.77. The smallest absolute Gasteiger partial charge is 0.226 e. The van der Waals surface area contributed by atoms with E-state index in [2.05, 4.69) is 29.2 Å². The maximum atomic E-state index is 12.8. The first kappa shape index (κ1) is 14.0. The maximum absolute atomic E-state index is 12.8. The van der Waals surface area contributed by atoms with Gasteiger partial charge in [-0.2, -0.15) is 11.8 Å². The van der Waals surface area contributed by atoms with Crippen LogP contribution in [-0.2, 0) is 4.79 Å². The van der Waals surface area contributed by atoms with Gasteiger partial charge in [-0.1, -0.05) is 30.3 Å². The molecule has 2 aliphatic rings. The number of thioether (sulfide) groups is 1. The van der Waals surface area contributed by atoms with Crippen molar-refractivity contribution in [2.24, 2.45) is 11.7 Å². The van der Waals surface area contributed by atoms with E-state index in [9.17, 15) is 4.79 Å². The van der Waals surface area contributed by atoms with Gasteiger partial charge in [0.1, 0.15) is 0 Å². The number of nitrogens with two attached hydrogens (primary N) is 1. The van der Waals surface area contributed by atoms with Crippen molar-refractivity contribution >= 4 is 17.7 Å². The number of carbonyl (C=O) groups excluding carboxylic acids is 1. The monoisotopic (exact) mass is 290 g/mol. The summed E-state index contributed by atoms with van der Waals surface area (Å²) >= 11 is 1.94. The van der Waals surface area contributed by atoms with Crippen molar-refractivity contribution in [1.29, 1.82) is 0 Å². The van der Waals surface area contributed by atoms with Crippen molar-refractivity contribution in [2.75, 3.05) is 18.1 Å². The lowest BCUT2D eigenvalue weighted by molar-refractivity contribution is -0.137. The summed E-state index contributed by atoms with van der Waals surface area (Å²) in [6, 6.07) is 10.9. The Morgan fingerprint density at radius 2 is 2.05 bits per heavy atom. The molecule has 0 radical (unpaired) electrons. The molecule has 2 fully saturated rings. The van der Waals surface area contributed by atoms with E-state index in [1.807, 2.05) is 17.8 Å². The molecule has 1 aromatic rings. The van der Waals surface area contributed by atoms with E-state index in [0.717, 1.165) is 37.3 Å². The largest absolute Gasteiger partial charge is 0.334 e. The van der Waals surface area contributed by atoms with E-state index in [0.29, 0.717) is 5.91 Å². The summed E-state index contributed by atoms with van der Waals surface area (Å²) in [5, 5.41) is 0. The van der Waals surface area contributed by atoms with Gasteiger partial charge in [0.15, 0.2) is 0 Å². The second-order valence-corrected chi connectivity index (χ2v) is 6.95. The van der Waals surface area contributed by atoms with E-state index in [-0.39, 0.29) is 18.0 Å². The number of nitrogens with zero attached hydrogens (tertiary/aromatic N) is 1. The van der Waals surface area contributed by atoms with Gasteiger partial charge >= 0.3 is 0 Å². The number of hydrogen-bond acceptors (Lipinski definition) is 3. The molecule has 1 amide bonds. The number of hydrogen-bond donors (Lipinski definition) is 1. The van der Waals surface area contributed by atoms with Crippen molar-refractivity contribution in [3.63, 3.8) is 0 Å². The molecule has 2 N–H and O–H groups in total. The minimum atomic E-state index is 0.152. The van der Waals surface area contributed by atoms with Gasteiger partial charge in [-0.25, -0.2) is 0 Å². The van der Waals surface area contributed by atoms with Crippen LogP contribution in [0, 0.1) is 5.92 Å². The quantitative estimate of drug-likeness (QED) is 0.910. The van der Waals surface area contributed by atoms with Gasteiger partial charge in [-0.3, -0.25) is 4.79 Å². The highest BCUT2D eigenvalue weighted by atomic mass is 32.2. The zero-order valence-corrected chi connectivity index (χ0v) is 12.5. The van der Waals surface area contributed by atoms with E-state index >= 15 is 0 Å². The Morgan fingerprint density at radius 3 is 2.75 bits per heavy atom. The summed E-state index contributed by atoms with van der Waals surface area (Å²) in [4.78, 5) is 14.9. The van der Waals surface area contributed by atoms with Crippen LogP contribution in [0.1, 0.15) is 30.9 Å². The molecule has 20 heavy (non-hydrogen) atoms. The minimum Gasteiger partial charge on any atom is -0.334 e. The zero-order valence-electron chi connectivity index (χ0n) is 11.7. The molecule has 3 atom stereocenters. The third-order valence-electron chi connectivity index (χ3n) is 4.42. The van der Waals surface area contributed by atoms with E-state index in [4.69, 9.17) is 5.73 Å². The molecular weight excluding hydrogens is 268 g/mol. The van der Waals surface area contributed by atoms with Crippen molar-refractivity contribution < 1.29 is 4.79 Å². The SMILES string of the molecule is NC1CCC(C(=O)N2CCSCC2c2ccccc2)C1. The molecule has 0 bridgehead atoms. The number of carbonyl (C=O) groups is 1. The highest BCUT2D eigenvalue weighted by Crippen LogP contribution is 2.34. The molecular formula is C16H22N2OS. The molecule has 1 saturated heterocycles. The van der Waals surface area contributed by atoms with Crippen molar-refractivity contribution in [3.05, 3.63) is 35.9 Å². The highest BCUT2D eigenvalue weighted by Gasteiger charge is 2.35. The van der Waals surface area contributed by atoms with Crippen LogP contribution in [0.15, 0.2) is 30.3 Å². The highest BCUT2D eigenvalue weighted by molar-refractivity contribution is 7.99. The lowest BCUT2D eigenvalue weighted by Gasteiger charge is -2.37. The average Bonchev–Trinajstić information content (AvgIpc) is 2.94. The van der Waals surface area contributed by atoms with E-state index in [1.54, 1.807) is 0 Å². The van der Waals surface area contributed by atoms with Crippen molar-refractivity contribution in [3.8, 4) is 0 Å². The van der Waals surface area contributed by atoms with Crippen LogP contribution >= 0.6 is 11.8 Å². The Kier molecular flexibility index (Phi) is 4.32. The summed E-state index contributed by atoms with van der Waals surface area (Å²) in [5.74, 6) is 2.54. The van der Waals surface area contributed by atoms with Gasteiger partial charge in [-0.15, -0.1) is 0 Å². The molecule has 1 saturated carbocycles. The summed E-state index contributed by atoms with van der Waals surface area (Å²) in [6.07, 6.45) is 2.82. The Labute approximate surface area is 124 Å². The second kappa shape index (κ2) is 6.19. The van der Waals surface area contributed by atoms with Gasteiger partial charge in [0, 0.05) is 30.0 Å². The first-order valence-corrected chi connectivity index (χ1v) is 8.60. The predicted molar refractivity (Wildman–Crippen MR) is 83.5 cm³/mol. The minimum absolute atomic E-state index is 0.152. The third kappa shape index (κ3) is 2.86. The van der Waals surface area contributed by atoms with Crippen LogP contribution in [0.25, 0.3) is 0 Å². The van der Waals surface area contributed by atoms with Crippen LogP contribution in [-0.4, -0.2) is 34.9 Å². The first-order chi connectivity index (χ1) is 9.75. The fraction of sp³-hybridized carbons (Fsp3) is 0.562. The molecule has 1 aliphatic heterocycles. The van der Waals surface area contributed by atoms with Crippen LogP contribution in [0.5, 0.6) is 0 Å². The average molecular weight is 290 g/mol. The molecule has 1 aliphatic carbocycles. The van der Waals surface area contributed by atoms with Crippen molar-refractivity contribution in [1.82, 2.24) is 4.90 Å². The predicted octanol–water partition coefficient (Wildman–Crippen LogP) is 2.43. The summed E-state index contributed by atoms with van der Waals surface area (Å²) < 4.78 is 0. The molecule has 3 nitrogen and oxygen atoms in total. The molecule has 3 unspecified atom stereocenters. The normalized spacial score (nSPS) is 30.4. The third-order valence-corrected chi connectivity index (χ3v) is 5.44. The van der Waals surface area contributed by atoms with E-state index in [1.165, 1.54) is 5.56 Å². The van der Waals surface area contributed by atoms with Gasteiger partial charge in [0.05, 0.1) is 6.04 Å². The topological polar surface area (TPSA) is 46.3 Å². The molecule has 3 rings (SSSR count). The Bertz CT molecular complexity index is 465. The van der Waals surface area contributed by atoms with Crippen LogP contribution in [0.4, 0.5) is 0 Å². The maximum Gasteiger partial charge on any atom is 0.226 e. The summed E-state index contributed by atoms with van der Waals surface area (Å²) in [5.41, 5.74) is 7.22. The Morgan fingerprint density at radius 1 is 1.25 bits per heavy atom. The second-order valence-electron chi connectivity index (χ2n) is 5.80. The zero-order chi connectivity index (χ0) is 13.9. The number of benzene rings is 1. The molecule has 1 heterocycles. The lowest BCUT2D eigenvalue weighted by Crippen LogP contribution is -2.43. The first-order valence-electron chi connectivity index (χ1n) is 7.44. The van der Waals surface area contributed by atoms with Gasteiger partial charge in [-0.05, 0) is 24.8 Å². The van der Waals surface area contributed by atoms with Crippen molar-refractivity contribution in [2.45, 2.75) is 31.3 Å². The number of amides is 1. The van der Waals surface area contributed by atoms with Gasteiger partial charge in [0.2, 0.25) is 5.91 Å². The number of rotatable bonds is 2. The van der Waals surface area contributed by atoms with Crippen LogP contribution in [0.2, 0.25) is 0 Å². The standard InChI is InChI=1S/C16H22N2OS/c17-14-7-6-13(10-14)16(19)18-8-9-20-11-15(18)12-4-2-1-3-5-12/h1-5,13-15H,6-11,17H2. The van der Waals surface area contributed by atoms with Gasteiger partial charge in [0.25, 0.3) is 0 Å². The van der Waals surface area contributed by atoms with Crippen LogP contribution in [0.3, 0.4) is 0 Å². The molecule has 108 valence electrons. The summed E-state index contributed by atoms with van der Waals surface area (Å²) in [6.45, 7) is 0.870. The Hall–Kier alpha value is -1.00. The molecule has 1 aromatic carbocycles. The van der Waals surface area contributed by atoms with E-state index < -0.39 is 0 Å². The molecule has 0 spiro atoms. The fourth-order valence-corrected chi connectivity index (χ4v) is 4.38. The summed E-state index contributed by atoms with van der Waals surface area (Å²) in [7, 11) is 0.